The molecule has 17 heavy (non-hydrogen) atoms. The van der Waals surface area contributed by atoms with Crippen molar-refractivity contribution in [1.29, 1.82) is 0 Å². The summed E-state index contributed by atoms with van der Waals surface area (Å²) in [6.45, 7) is 4.83. The minimum Gasteiger partial charge on any atom is -0.305 e. The summed E-state index contributed by atoms with van der Waals surface area (Å²) in [5, 5.41) is 6.19. The maximum absolute atomic E-state index is 6.19. The van der Waals surface area contributed by atoms with Gasteiger partial charge in [-0.3, -0.25) is 0 Å². The first kappa shape index (κ1) is 12.5. The Labute approximate surface area is 110 Å². The molecule has 2 rings (SSSR count). The molecule has 1 unspecified atom stereocenters. The zero-order valence-corrected chi connectivity index (χ0v) is 11.3. The molecule has 0 radical (unpaired) electrons. The molecule has 0 aliphatic carbocycles. The van der Waals surface area contributed by atoms with E-state index in [9.17, 15) is 0 Å². The Morgan fingerprint density at radius 1 is 1.47 bits per heavy atom. The number of aromatic nitrogens is 2. The van der Waals surface area contributed by atoms with Gasteiger partial charge in [0.25, 0.3) is 0 Å². The number of rotatable bonds is 4. The smallest absolute Gasteiger partial charge is 0.125 e. The van der Waals surface area contributed by atoms with E-state index < -0.39 is 0 Å². The van der Waals surface area contributed by atoms with Gasteiger partial charge in [0.15, 0.2) is 0 Å². The quantitative estimate of drug-likeness (QED) is 0.924. The van der Waals surface area contributed by atoms with Gasteiger partial charge in [0.05, 0.1) is 16.8 Å². The van der Waals surface area contributed by atoms with E-state index in [4.69, 9.17) is 11.6 Å². The Morgan fingerprint density at radius 2 is 2.29 bits per heavy atom. The first-order valence-corrected chi connectivity index (χ1v) is 6.74. The van der Waals surface area contributed by atoms with Crippen LogP contribution in [-0.4, -0.2) is 16.5 Å². The lowest BCUT2D eigenvalue weighted by Gasteiger charge is -2.16. The molecular formula is C12H14ClN3S. The van der Waals surface area contributed by atoms with Crippen LogP contribution in [0.25, 0.3) is 0 Å². The van der Waals surface area contributed by atoms with Crippen molar-refractivity contribution in [2.24, 2.45) is 0 Å². The predicted octanol–water partition coefficient (Wildman–Crippen LogP) is 3.20. The summed E-state index contributed by atoms with van der Waals surface area (Å²) in [7, 11) is 0. The van der Waals surface area contributed by atoms with Crippen LogP contribution in [-0.2, 0) is 0 Å². The molecule has 2 aromatic heterocycles. The molecular weight excluding hydrogens is 254 g/mol. The van der Waals surface area contributed by atoms with E-state index in [1.54, 1.807) is 17.5 Å². The molecule has 0 spiro atoms. The van der Waals surface area contributed by atoms with Crippen molar-refractivity contribution in [3.05, 3.63) is 45.1 Å². The maximum Gasteiger partial charge on any atom is 0.125 e. The summed E-state index contributed by atoms with van der Waals surface area (Å²) in [5.41, 5.74) is 0.962. The van der Waals surface area contributed by atoms with Crippen molar-refractivity contribution in [3.8, 4) is 0 Å². The fourth-order valence-corrected chi connectivity index (χ4v) is 2.93. The van der Waals surface area contributed by atoms with Gasteiger partial charge in [0.2, 0.25) is 0 Å². The first-order valence-electron chi connectivity index (χ1n) is 5.48. The summed E-state index contributed by atoms with van der Waals surface area (Å²) >= 11 is 7.83. The van der Waals surface area contributed by atoms with Crippen LogP contribution in [0.5, 0.6) is 0 Å². The Bertz CT molecular complexity index is 498. The summed E-state index contributed by atoms with van der Waals surface area (Å²) in [6.07, 6.45) is 1.78. The Kier molecular flexibility index (Phi) is 4.10. The lowest BCUT2D eigenvalue weighted by molar-refractivity contribution is 0.620. The Morgan fingerprint density at radius 3 is 2.88 bits per heavy atom. The highest BCUT2D eigenvalue weighted by Crippen LogP contribution is 2.31. The molecule has 1 N–H and O–H groups in total. The summed E-state index contributed by atoms with van der Waals surface area (Å²) in [4.78, 5) is 9.68. The Hall–Kier alpha value is -0.970. The minimum absolute atomic E-state index is 0.0502. The molecule has 0 fully saturated rings. The number of nitrogens with one attached hydrogen (secondary N) is 1. The lowest BCUT2D eigenvalue weighted by Crippen LogP contribution is -2.22. The number of hydrogen-bond donors (Lipinski definition) is 1. The molecule has 1 atom stereocenters. The highest BCUT2D eigenvalue weighted by molar-refractivity contribution is 7.10. The van der Waals surface area contributed by atoms with E-state index in [0.29, 0.717) is 0 Å². The van der Waals surface area contributed by atoms with Crippen LogP contribution in [0.3, 0.4) is 0 Å². The van der Waals surface area contributed by atoms with Crippen LogP contribution < -0.4 is 5.32 Å². The van der Waals surface area contributed by atoms with E-state index >= 15 is 0 Å². The minimum atomic E-state index is 0.0502. The molecule has 5 heteroatoms. The van der Waals surface area contributed by atoms with Gasteiger partial charge in [-0.15, -0.1) is 11.3 Å². The largest absolute Gasteiger partial charge is 0.305 e. The van der Waals surface area contributed by atoms with Gasteiger partial charge in [-0.1, -0.05) is 18.5 Å². The van der Waals surface area contributed by atoms with E-state index in [-0.39, 0.29) is 6.04 Å². The van der Waals surface area contributed by atoms with Gasteiger partial charge < -0.3 is 5.32 Å². The van der Waals surface area contributed by atoms with Gasteiger partial charge in [0, 0.05) is 11.1 Å². The van der Waals surface area contributed by atoms with Crippen molar-refractivity contribution in [1.82, 2.24) is 15.3 Å². The van der Waals surface area contributed by atoms with Crippen molar-refractivity contribution >= 4 is 22.9 Å². The van der Waals surface area contributed by atoms with Crippen molar-refractivity contribution in [2.45, 2.75) is 19.9 Å². The molecule has 0 aliphatic heterocycles. The summed E-state index contributed by atoms with van der Waals surface area (Å²) in [6, 6.07) is 3.89. The van der Waals surface area contributed by atoms with E-state index in [2.05, 4.69) is 22.2 Å². The number of thiophene rings is 1. The zero-order chi connectivity index (χ0) is 12.3. The van der Waals surface area contributed by atoms with Gasteiger partial charge in [0.1, 0.15) is 5.82 Å². The van der Waals surface area contributed by atoms with Crippen LogP contribution >= 0.6 is 22.9 Å². The van der Waals surface area contributed by atoms with Crippen LogP contribution in [0, 0.1) is 6.92 Å². The molecule has 0 amide bonds. The van der Waals surface area contributed by atoms with Crippen LogP contribution in [0.1, 0.15) is 29.4 Å². The second kappa shape index (κ2) is 5.58. The number of aryl methyl sites for hydroxylation is 1. The fraction of sp³-hybridized carbons (Fsp3) is 0.333. The number of halogens is 1. The second-order valence-electron chi connectivity index (χ2n) is 3.65. The van der Waals surface area contributed by atoms with Gasteiger partial charge in [-0.2, -0.15) is 0 Å². The highest BCUT2D eigenvalue weighted by atomic mass is 35.5. The second-order valence-corrected chi connectivity index (χ2v) is 5.01. The zero-order valence-electron chi connectivity index (χ0n) is 9.77. The van der Waals surface area contributed by atoms with E-state index in [0.717, 1.165) is 28.0 Å². The van der Waals surface area contributed by atoms with Crippen LogP contribution in [0.2, 0.25) is 5.02 Å². The average Bonchev–Trinajstić information content (AvgIpc) is 2.72. The third kappa shape index (κ3) is 2.83. The molecule has 2 heterocycles. The van der Waals surface area contributed by atoms with E-state index in [1.165, 1.54) is 0 Å². The van der Waals surface area contributed by atoms with Crippen LogP contribution in [0.15, 0.2) is 23.7 Å². The summed E-state index contributed by atoms with van der Waals surface area (Å²) < 4.78 is 0. The molecule has 0 saturated heterocycles. The maximum atomic E-state index is 6.19. The van der Waals surface area contributed by atoms with Crippen molar-refractivity contribution in [3.63, 3.8) is 0 Å². The van der Waals surface area contributed by atoms with E-state index in [1.807, 2.05) is 24.4 Å². The molecule has 2 aromatic rings. The highest BCUT2D eigenvalue weighted by Gasteiger charge is 2.18. The molecule has 0 bridgehead atoms. The molecule has 3 nitrogen and oxygen atoms in total. The summed E-state index contributed by atoms with van der Waals surface area (Å²) in [5.74, 6) is 0.776. The molecule has 0 aliphatic rings. The Balaban J connectivity index is 2.39. The van der Waals surface area contributed by atoms with Crippen LogP contribution in [0.4, 0.5) is 0 Å². The first-order chi connectivity index (χ1) is 8.22. The predicted molar refractivity (Wildman–Crippen MR) is 71.6 cm³/mol. The van der Waals surface area contributed by atoms with Crippen molar-refractivity contribution < 1.29 is 0 Å². The van der Waals surface area contributed by atoms with Gasteiger partial charge in [-0.25, -0.2) is 9.97 Å². The molecule has 0 saturated carbocycles. The number of nitrogens with zero attached hydrogens (tertiary/aromatic N) is 2. The SMILES string of the molecule is CCNC(c1ccnc(C)n1)c1sccc1Cl. The van der Waals surface area contributed by atoms with Gasteiger partial charge >= 0.3 is 0 Å². The molecule has 0 aromatic carbocycles. The van der Waals surface area contributed by atoms with Gasteiger partial charge in [-0.05, 0) is 31.0 Å². The monoisotopic (exact) mass is 267 g/mol. The lowest BCUT2D eigenvalue weighted by atomic mass is 10.1. The standard InChI is InChI=1S/C12H14ClN3S/c1-3-14-11(12-9(13)5-7-17-12)10-4-6-15-8(2)16-10/h4-7,11,14H,3H2,1-2H3. The normalized spacial score (nSPS) is 12.6. The third-order valence-corrected chi connectivity index (χ3v) is 3.83. The average molecular weight is 268 g/mol. The van der Waals surface area contributed by atoms with Crippen molar-refractivity contribution in [2.75, 3.05) is 6.54 Å². The molecule has 90 valence electrons. The number of hydrogen-bond acceptors (Lipinski definition) is 4. The fourth-order valence-electron chi connectivity index (χ4n) is 1.68. The topological polar surface area (TPSA) is 37.8 Å². The third-order valence-electron chi connectivity index (χ3n) is 2.41.